The Morgan fingerprint density at radius 2 is 1.77 bits per heavy atom. The first-order valence-electron chi connectivity index (χ1n) is 9.92. The maximum atomic E-state index is 13.3. The predicted octanol–water partition coefficient (Wildman–Crippen LogP) is 0.898. The highest BCUT2D eigenvalue weighted by molar-refractivity contribution is 6.21. The number of fused-ring (bicyclic) bond motifs is 3. The lowest BCUT2D eigenvalue weighted by Gasteiger charge is -2.41. The van der Waals surface area contributed by atoms with Gasteiger partial charge < -0.3 is 26.8 Å². The molecule has 1 aromatic rings. The number of primary amides is 2. The van der Waals surface area contributed by atoms with E-state index in [4.69, 9.17) is 11.5 Å². The molecular formula is C22H22N2O7. The largest absolute Gasteiger partial charge is 0.511 e. The Balaban J connectivity index is 1.89. The molecule has 2 amide bonds. The van der Waals surface area contributed by atoms with Crippen molar-refractivity contribution in [1.82, 2.24) is 0 Å². The van der Waals surface area contributed by atoms with Crippen molar-refractivity contribution in [3.05, 3.63) is 45.7 Å². The average molecular weight is 426 g/mol. The van der Waals surface area contributed by atoms with Gasteiger partial charge in [-0.1, -0.05) is 6.07 Å². The summed E-state index contributed by atoms with van der Waals surface area (Å²) in [6.45, 7) is 1.61. The number of phenolic OH excluding ortho intramolecular Hbond substituents is 1. The topological polar surface area (TPSA) is 181 Å². The molecule has 0 aliphatic heterocycles. The zero-order chi connectivity index (χ0) is 22.8. The van der Waals surface area contributed by atoms with Crippen molar-refractivity contribution < 1.29 is 34.5 Å². The molecule has 4 atom stereocenters. The van der Waals surface area contributed by atoms with Crippen molar-refractivity contribution >= 4 is 29.1 Å². The van der Waals surface area contributed by atoms with Crippen LogP contribution in [0.4, 0.5) is 0 Å². The molecule has 1 saturated carbocycles. The van der Waals surface area contributed by atoms with Crippen molar-refractivity contribution in [2.45, 2.75) is 32.1 Å². The van der Waals surface area contributed by atoms with Crippen molar-refractivity contribution in [2.75, 3.05) is 0 Å². The molecule has 4 unspecified atom stereocenters. The second kappa shape index (κ2) is 6.97. The van der Waals surface area contributed by atoms with Crippen LogP contribution in [-0.4, -0.2) is 38.7 Å². The van der Waals surface area contributed by atoms with Gasteiger partial charge in [-0.2, -0.15) is 0 Å². The van der Waals surface area contributed by atoms with Gasteiger partial charge in [0.05, 0.1) is 17.4 Å². The SMILES string of the molecule is CC(C(N)=O)c1ccc(O)c2c1CC1CC3CC(=O)C(C(N)=O)=C(O)C3C(=O)C1=C2O. The fourth-order valence-electron chi connectivity index (χ4n) is 5.22. The molecule has 3 aliphatic rings. The summed E-state index contributed by atoms with van der Waals surface area (Å²) in [6.07, 6.45) is 0.407. The van der Waals surface area contributed by atoms with Crippen molar-refractivity contribution in [1.29, 1.82) is 0 Å². The molecule has 0 spiro atoms. The van der Waals surface area contributed by atoms with E-state index in [0.717, 1.165) is 0 Å². The van der Waals surface area contributed by atoms with Crippen LogP contribution < -0.4 is 11.5 Å². The number of benzene rings is 1. The predicted molar refractivity (Wildman–Crippen MR) is 108 cm³/mol. The number of aromatic hydroxyl groups is 1. The van der Waals surface area contributed by atoms with Gasteiger partial charge in [0.25, 0.3) is 5.91 Å². The number of nitrogens with two attached hydrogens (primary N) is 2. The zero-order valence-corrected chi connectivity index (χ0v) is 16.7. The van der Waals surface area contributed by atoms with E-state index in [2.05, 4.69) is 0 Å². The van der Waals surface area contributed by atoms with Gasteiger partial charge in [-0.15, -0.1) is 0 Å². The molecule has 0 bridgehead atoms. The van der Waals surface area contributed by atoms with Crippen LogP contribution >= 0.6 is 0 Å². The van der Waals surface area contributed by atoms with Crippen LogP contribution in [0, 0.1) is 17.8 Å². The van der Waals surface area contributed by atoms with Gasteiger partial charge in [-0.25, -0.2) is 0 Å². The summed E-state index contributed by atoms with van der Waals surface area (Å²) in [4.78, 5) is 49.0. The van der Waals surface area contributed by atoms with Gasteiger partial charge >= 0.3 is 0 Å². The van der Waals surface area contributed by atoms with Gasteiger partial charge in [0.1, 0.15) is 22.8 Å². The molecule has 0 radical (unpaired) electrons. The summed E-state index contributed by atoms with van der Waals surface area (Å²) >= 11 is 0. The monoisotopic (exact) mass is 426 g/mol. The number of amides is 2. The van der Waals surface area contributed by atoms with E-state index in [9.17, 15) is 34.5 Å². The highest BCUT2D eigenvalue weighted by Gasteiger charge is 2.51. The fraction of sp³-hybridized carbons (Fsp3) is 0.364. The Kier molecular flexibility index (Phi) is 4.64. The van der Waals surface area contributed by atoms with Gasteiger partial charge in [0.2, 0.25) is 5.91 Å². The quantitative estimate of drug-likeness (QED) is 0.445. The van der Waals surface area contributed by atoms with E-state index in [1.165, 1.54) is 6.07 Å². The lowest BCUT2D eigenvalue weighted by Crippen LogP contribution is -2.44. The van der Waals surface area contributed by atoms with E-state index >= 15 is 0 Å². The highest BCUT2D eigenvalue weighted by Crippen LogP contribution is 2.51. The minimum atomic E-state index is -1.16. The summed E-state index contributed by atoms with van der Waals surface area (Å²) in [7, 11) is 0. The van der Waals surface area contributed by atoms with Gasteiger partial charge in [0.15, 0.2) is 11.6 Å². The second-order valence-electron chi connectivity index (χ2n) is 8.40. The normalized spacial score (nSPS) is 26.2. The average Bonchev–Trinajstić information content (AvgIpc) is 2.66. The molecule has 4 rings (SSSR count). The Bertz CT molecular complexity index is 1130. The fourth-order valence-corrected chi connectivity index (χ4v) is 5.22. The van der Waals surface area contributed by atoms with Crippen molar-refractivity contribution in [3.8, 4) is 5.75 Å². The van der Waals surface area contributed by atoms with Crippen LogP contribution in [0.1, 0.15) is 42.4 Å². The van der Waals surface area contributed by atoms with E-state index in [1.54, 1.807) is 13.0 Å². The van der Waals surface area contributed by atoms with Crippen LogP contribution in [0.2, 0.25) is 0 Å². The summed E-state index contributed by atoms with van der Waals surface area (Å²) in [5, 5.41) is 31.9. The molecule has 7 N–H and O–H groups in total. The second-order valence-corrected chi connectivity index (χ2v) is 8.40. The van der Waals surface area contributed by atoms with Crippen LogP contribution in [0.5, 0.6) is 5.75 Å². The molecule has 0 heterocycles. The third-order valence-corrected chi connectivity index (χ3v) is 6.70. The summed E-state index contributed by atoms with van der Waals surface area (Å²) < 4.78 is 0. The number of Topliss-reactive ketones (excluding diaryl/α,β-unsaturated/α-hetero) is 2. The van der Waals surface area contributed by atoms with E-state index in [1.807, 2.05) is 0 Å². The van der Waals surface area contributed by atoms with Gasteiger partial charge in [0, 0.05) is 12.0 Å². The Morgan fingerprint density at radius 1 is 1.10 bits per heavy atom. The number of hydrogen-bond donors (Lipinski definition) is 5. The smallest absolute Gasteiger partial charge is 0.255 e. The Hall–Kier alpha value is -3.62. The first-order valence-corrected chi connectivity index (χ1v) is 9.92. The summed E-state index contributed by atoms with van der Waals surface area (Å²) in [5.41, 5.74) is 11.2. The van der Waals surface area contributed by atoms with Gasteiger partial charge in [-0.05, 0) is 48.8 Å². The third kappa shape index (κ3) is 2.91. The number of rotatable bonds is 3. The van der Waals surface area contributed by atoms with E-state index in [-0.39, 0.29) is 36.1 Å². The van der Waals surface area contributed by atoms with Crippen LogP contribution in [0.3, 0.4) is 0 Å². The maximum Gasteiger partial charge on any atom is 0.255 e. The third-order valence-electron chi connectivity index (χ3n) is 6.70. The number of allylic oxidation sites excluding steroid dienone is 2. The molecule has 162 valence electrons. The number of phenols is 1. The first kappa shape index (κ1) is 20.6. The summed E-state index contributed by atoms with van der Waals surface area (Å²) in [6, 6.07) is 2.88. The minimum Gasteiger partial charge on any atom is -0.511 e. The number of carbonyl (C=O) groups is 4. The molecule has 31 heavy (non-hydrogen) atoms. The molecule has 0 aromatic heterocycles. The van der Waals surface area contributed by atoms with E-state index < -0.39 is 64.1 Å². The molecular weight excluding hydrogens is 404 g/mol. The lowest BCUT2D eigenvalue weighted by atomic mass is 9.61. The zero-order valence-electron chi connectivity index (χ0n) is 16.7. The van der Waals surface area contributed by atoms with Gasteiger partial charge in [-0.3, -0.25) is 19.2 Å². The first-order chi connectivity index (χ1) is 14.5. The number of aliphatic hydroxyl groups excluding tert-OH is 2. The lowest BCUT2D eigenvalue weighted by molar-refractivity contribution is -0.127. The van der Waals surface area contributed by atoms with Crippen LogP contribution in [0.15, 0.2) is 29.0 Å². The Morgan fingerprint density at radius 3 is 2.39 bits per heavy atom. The van der Waals surface area contributed by atoms with Crippen LogP contribution in [0.25, 0.3) is 5.76 Å². The standard InChI is InChI=1S/C22H22N2O7/c1-7(21(23)30)10-2-3-12(25)16-11(10)5-8-4-9-6-13(26)17(22(24)31)20(29)15(9)18(27)14(8)19(16)28/h2-3,7-9,15,25,28-29H,4-6H2,1H3,(H2,23,30)(H2,24,31). The number of hydrogen-bond acceptors (Lipinski definition) is 7. The maximum absolute atomic E-state index is 13.3. The number of ketones is 2. The molecule has 9 heteroatoms. The molecule has 0 saturated heterocycles. The van der Waals surface area contributed by atoms with Crippen LogP contribution in [-0.2, 0) is 25.6 Å². The molecule has 3 aliphatic carbocycles. The summed E-state index contributed by atoms with van der Waals surface area (Å²) in [5.74, 6) is -7.15. The number of carbonyl (C=O) groups excluding carboxylic acids is 4. The molecule has 1 aromatic carbocycles. The molecule has 1 fully saturated rings. The van der Waals surface area contributed by atoms with E-state index in [0.29, 0.717) is 11.1 Å². The highest BCUT2D eigenvalue weighted by atomic mass is 16.3. The minimum absolute atomic E-state index is 0.0256. The Labute approximate surface area is 177 Å². The molecule has 9 nitrogen and oxygen atoms in total. The van der Waals surface area contributed by atoms with Crippen molar-refractivity contribution in [2.24, 2.45) is 29.2 Å². The van der Waals surface area contributed by atoms with Crippen molar-refractivity contribution in [3.63, 3.8) is 0 Å². The number of aliphatic hydroxyl groups is 2.